The van der Waals surface area contributed by atoms with E-state index >= 15 is 0 Å². The van der Waals surface area contributed by atoms with E-state index in [0.717, 1.165) is 28.3 Å². The first-order valence-corrected chi connectivity index (χ1v) is 12.6. The molecular formula is C29H25FN4OS. The highest BCUT2D eigenvalue weighted by Crippen LogP contribution is 2.30. The Labute approximate surface area is 213 Å². The molecule has 36 heavy (non-hydrogen) atoms. The number of benzene rings is 3. The van der Waals surface area contributed by atoms with Crippen molar-refractivity contribution in [2.24, 2.45) is 0 Å². The smallest absolute Gasteiger partial charge is 0.196 e. The van der Waals surface area contributed by atoms with Gasteiger partial charge in [-0.15, -0.1) is 10.2 Å². The van der Waals surface area contributed by atoms with Crippen LogP contribution in [0.5, 0.6) is 0 Å². The summed E-state index contributed by atoms with van der Waals surface area (Å²) in [5.74, 6) is 0.204. The fraction of sp³-hybridized carbons (Fsp3) is 0.138. The molecule has 0 atom stereocenters. The number of para-hydroxylation sites is 1. The average Bonchev–Trinajstić information content (AvgIpc) is 3.44. The molecule has 0 saturated heterocycles. The van der Waals surface area contributed by atoms with Gasteiger partial charge in [-0.05, 0) is 63.2 Å². The van der Waals surface area contributed by atoms with Gasteiger partial charge in [-0.25, -0.2) is 4.39 Å². The minimum absolute atomic E-state index is 0.00109. The molecule has 0 radical (unpaired) electrons. The normalized spacial score (nSPS) is 11.1. The summed E-state index contributed by atoms with van der Waals surface area (Å²) in [7, 11) is 0. The predicted molar refractivity (Wildman–Crippen MR) is 142 cm³/mol. The molecule has 0 fully saturated rings. The largest absolute Gasteiger partial charge is 0.318 e. The van der Waals surface area contributed by atoms with Crippen molar-refractivity contribution >= 4 is 17.5 Å². The fourth-order valence-corrected chi connectivity index (χ4v) is 5.17. The molecule has 0 aliphatic heterocycles. The van der Waals surface area contributed by atoms with Crippen molar-refractivity contribution in [3.05, 3.63) is 113 Å². The molecule has 7 heteroatoms. The summed E-state index contributed by atoms with van der Waals surface area (Å²) in [6.07, 6.45) is 0. The summed E-state index contributed by atoms with van der Waals surface area (Å²) in [6.45, 7) is 5.97. The Morgan fingerprint density at radius 3 is 2.22 bits per heavy atom. The van der Waals surface area contributed by atoms with Crippen molar-refractivity contribution in [1.82, 2.24) is 19.3 Å². The van der Waals surface area contributed by atoms with Crippen LogP contribution in [0.15, 0.2) is 90.1 Å². The molecule has 0 saturated carbocycles. The molecule has 5 rings (SSSR count). The van der Waals surface area contributed by atoms with Crippen LogP contribution in [-0.2, 0) is 0 Å². The second-order valence-corrected chi connectivity index (χ2v) is 9.57. The highest BCUT2D eigenvalue weighted by molar-refractivity contribution is 7.99. The van der Waals surface area contributed by atoms with Crippen molar-refractivity contribution in [2.75, 3.05) is 5.75 Å². The summed E-state index contributed by atoms with van der Waals surface area (Å²) in [6, 6.07) is 26.3. The van der Waals surface area contributed by atoms with Crippen molar-refractivity contribution in [2.45, 2.75) is 25.9 Å². The topological polar surface area (TPSA) is 52.7 Å². The van der Waals surface area contributed by atoms with Crippen LogP contribution in [0.25, 0.3) is 22.8 Å². The monoisotopic (exact) mass is 496 g/mol. The minimum atomic E-state index is -0.376. The number of carbonyl (C=O) groups excluding carboxylic acids is 1. The maximum Gasteiger partial charge on any atom is 0.196 e. The summed E-state index contributed by atoms with van der Waals surface area (Å²) >= 11 is 1.30. The van der Waals surface area contributed by atoms with Gasteiger partial charge >= 0.3 is 0 Å². The average molecular weight is 497 g/mol. The van der Waals surface area contributed by atoms with Gasteiger partial charge in [-0.2, -0.15) is 0 Å². The Morgan fingerprint density at radius 2 is 1.50 bits per heavy atom. The summed E-state index contributed by atoms with van der Waals surface area (Å²) in [5.41, 5.74) is 5.87. The van der Waals surface area contributed by atoms with Gasteiger partial charge in [-0.1, -0.05) is 59.8 Å². The molecule has 2 aromatic heterocycles. The highest BCUT2D eigenvalue weighted by atomic mass is 32.2. The lowest BCUT2D eigenvalue weighted by Crippen LogP contribution is -2.07. The van der Waals surface area contributed by atoms with Gasteiger partial charge < -0.3 is 4.57 Å². The predicted octanol–water partition coefficient (Wildman–Crippen LogP) is 6.76. The standard InChI is InChI=1S/C29H25FN4OS/c1-19-13-15-23(16-14-19)34-28(24-11-7-8-12-26(24)30)31-32-29(34)36-18-27(35)25-17-20(2)33(21(25)3)22-9-5-4-6-10-22/h4-17H,18H2,1-3H3. The van der Waals surface area contributed by atoms with Crippen LogP contribution in [0.3, 0.4) is 0 Å². The van der Waals surface area contributed by atoms with Gasteiger partial charge in [0.1, 0.15) is 5.82 Å². The van der Waals surface area contributed by atoms with E-state index in [-0.39, 0.29) is 17.4 Å². The minimum Gasteiger partial charge on any atom is -0.318 e. The Morgan fingerprint density at radius 1 is 0.833 bits per heavy atom. The van der Waals surface area contributed by atoms with Crippen LogP contribution in [0.2, 0.25) is 0 Å². The molecule has 2 heterocycles. The van der Waals surface area contributed by atoms with Gasteiger partial charge in [0, 0.05) is 28.3 Å². The number of carbonyl (C=O) groups is 1. The van der Waals surface area contributed by atoms with Crippen molar-refractivity contribution < 1.29 is 9.18 Å². The van der Waals surface area contributed by atoms with Crippen LogP contribution in [0.4, 0.5) is 4.39 Å². The van der Waals surface area contributed by atoms with Crippen LogP contribution in [0.1, 0.15) is 27.3 Å². The zero-order valence-corrected chi connectivity index (χ0v) is 21.1. The quantitative estimate of drug-likeness (QED) is 0.184. The first-order valence-electron chi connectivity index (χ1n) is 11.6. The molecule has 0 aliphatic rings. The zero-order chi connectivity index (χ0) is 25.2. The number of rotatable bonds is 7. The van der Waals surface area contributed by atoms with E-state index in [1.165, 1.54) is 17.8 Å². The molecule has 5 nitrogen and oxygen atoms in total. The molecular weight excluding hydrogens is 471 g/mol. The van der Waals surface area contributed by atoms with E-state index in [2.05, 4.69) is 14.8 Å². The highest BCUT2D eigenvalue weighted by Gasteiger charge is 2.21. The Balaban J connectivity index is 1.47. The lowest BCUT2D eigenvalue weighted by Gasteiger charge is -2.11. The van der Waals surface area contributed by atoms with Crippen LogP contribution >= 0.6 is 11.8 Å². The first kappa shape index (κ1) is 23.8. The molecule has 0 spiro atoms. The number of ketones is 1. The van der Waals surface area contributed by atoms with Gasteiger partial charge in [0.25, 0.3) is 0 Å². The van der Waals surface area contributed by atoms with Crippen LogP contribution in [0, 0.1) is 26.6 Å². The van der Waals surface area contributed by atoms with Gasteiger partial charge in [-0.3, -0.25) is 9.36 Å². The third kappa shape index (κ3) is 4.50. The van der Waals surface area contributed by atoms with E-state index in [1.807, 2.05) is 86.0 Å². The number of nitrogens with zero attached hydrogens (tertiary/aromatic N) is 4. The second kappa shape index (κ2) is 9.95. The number of hydrogen-bond donors (Lipinski definition) is 0. The lowest BCUT2D eigenvalue weighted by atomic mass is 10.2. The first-order chi connectivity index (χ1) is 17.4. The molecule has 0 N–H and O–H groups in total. The number of aromatic nitrogens is 4. The van der Waals surface area contributed by atoms with E-state index < -0.39 is 0 Å². The second-order valence-electron chi connectivity index (χ2n) is 8.62. The van der Waals surface area contributed by atoms with Gasteiger partial charge in [0.2, 0.25) is 0 Å². The molecule has 0 unspecified atom stereocenters. The van der Waals surface area contributed by atoms with Crippen LogP contribution in [-0.4, -0.2) is 30.9 Å². The Hall–Kier alpha value is -3.97. The van der Waals surface area contributed by atoms with E-state index in [0.29, 0.717) is 22.1 Å². The van der Waals surface area contributed by atoms with Gasteiger partial charge in [0.15, 0.2) is 16.8 Å². The van der Waals surface area contributed by atoms with Gasteiger partial charge in [0.05, 0.1) is 11.3 Å². The summed E-state index contributed by atoms with van der Waals surface area (Å²) in [4.78, 5) is 13.3. The number of halogens is 1. The van der Waals surface area contributed by atoms with E-state index in [1.54, 1.807) is 18.2 Å². The molecule has 3 aromatic carbocycles. The van der Waals surface area contributed by atoms with E-state index in [9.17, 15) is 9.18 Å². The lowest BCUT2D eigenvalue weighted by molar-refractivity contribution is 0.102. The van der Waals surface area contributed by atoms with Crippen molar-refractivity contribution in [3.8, 4) is 22.8 Å². The van der Waals surface area contributed by atoms with Crippen molar-refractivity contribution in [1.29, 1.82) is 0 Å². The number of thioether (sulfide) groups is 1. The summed E-state index contributed by atoms with van der Waals surface area (Å²) < 4.78 is 18.6. The molecule has 0 bridgehead atoms. The maximum absolute atomic E-state index is 14.7. The molecule has 0 aliphatic carbocycles. The fourth-order valence-electron chi connectivity index (χ4n) is 4.33. The van der Waals surface area contributed by atoms with E-state index in [4.69, 9.17) is 0 Å². The number of aryl methyl sites for hydroxylation is 2. The maximum atomic E-state index is 14.7. The van der Waals surface area contributed by atoms with Crippen LogP contribution < -0.4 is 0 Å². The molecule has 0 amide bonds. The van der Waals surface area contributed by atoms with Crippen molar-refractivity contribution in [3.63, 3.8) is 0 Å². The third-order valence-electron chi connectivity index (χ3n) is 6.12. The molecule has 180 valence electrons. The molecule has 5 aromatic rings. The zero-order valence-electron chi connectivity index (χ0n) is 20.3. The summed E-state index contributed by atoms with van der Waals surface area (Å²) in [5, 5.41) is 9.18. The Kier molecular flexibility index (Phi) is 6.57. The third-order valence-corrected chi connectivity index (χ3v) is 7.05. The Bertz CT molecular complexity index is 1540. The number of Topliss-reactive ketones (excluding diaryl/α,β-unsaturated/α-hetero) is 1. The number of hydrogen-bond acceptors (Lipinski definition) is 4. The SMILES string of the molecule is Cc1ccc(-n2c(SCC(=O)c3cc(C)n(-c4ccccc4)c3C)nnc2-c2ccccc2F)cc1.